The summed E-state index contributed by atoms with van der Waals surface area (Å²) >= 11 is 0. The van der Waals surface area contributed by atoms with Crippen molar-refractivity contribution in [2.24, 2.45) is 0 Å². The second-order valence-electron chi connectivity index (χ2n) is 1.52. The molecular weight excluding hydrogens is 157 g/mol. The minimum Gasteiger partial charge on any atom is -0.298 e. The molecule has 54 valence electrons. The first kappa shape index (κ1) is 9.04. The van der Waals surface area contributed by atoms with E-state index in [4.69, 9.17) is 0 Å². The molecule has 4 heteroatoms. The Balaban J connectivity index is 0.000000810. The smallest absolute Gasteiger partial charge is 0.153 e. The molecule has 1 aromatic rings. The maximum atomic E-state index is 12.3. The zero-order valence-electron chi connectivity index (χ0n) is 4.95. The molecule has 0 radical (unpaired) electrons. The number of halogens is 2. The van der Waals surface area contributed by atoms with Gasteiger partial charge in [0.15, 0.2) is 12.1 Å². The van der Waals surface area contributed by atoms with Crippen molar-refractivity contribution in [2.45, 2.75) is 0 Å². The van der Waals surface area contributed by atoms with Crippen molar-refractivity contribution in [3.8, 4) is 0 Å². The normalized spacial score (nSPS) is 8.10. The lowest BCUT2D eigenvalue weighted by Gasteiger charge is -1.87. The van der Waals surface area contributed by atoms with Crippen LogP contribution in [0.1, 0.15) is 10.4 Å². The highest BCUT2D eigenvalue weighted by Crippen LogP contribution is 1.98. The zero-order chi connectivity index (χ0) is 6.69. The molecule has 10 heavy (non-hydrogen) atoms. The fourth-order valence-corrected chi connectivity index (χ4v) is 0.482. The summed E-state index contributed by atoms with van der Waals surface area (Å²) < 4.78 is 12.3. The van der Waals surface area contributed by atoms with Crippen molar-refractivity contribution in [1.82, 2.24) is 4.98 Å². The molecule has 0 aliphatic rings. The molecule has 0 unspecified atom stereocenters. The first-order chi connectivity index (χ1) is 4.34. The van der Waals surface area contributed by atoms with Gasteiger partial charge in [-0.05, 0) is 6.07 Å². The number of pyridine rings is 1. The molecule has 0 N–H and O–H groups in total. The summed E-state index contributed by atoms with van der Waals surface area (Å²) in [6.45, 7) is 0. The molecule has 2 nitrogen and oxygen atoms in total. The van der Waals surface area contributed by atoms with E-state index in [1.807, 2.05) is 0 Å². The average molecular weight is 162 g/mol. The molecule has 0 aliphatic carbocycles. The van der Waals surface area contributed by atoms with Crippen molar-refractivity contribution < 1.29 is 9.18 Å². The summed E-state index contributed by atoms with van der Waals surface area (Å²) in [6.07, 6.45) is 2.83. The van der Waals surface area contributed by atoms with Crippen molar-refractivity contribution in [3.63, 3.8) is 0 Å². The van der Waals surface area contributed by atoms with E-state index in [1.165, 1.54) is 12.3 Å². The monoisotopic (exact) mass is 161 g/mol. The molecule has 1 aromatic heterocycles. The SMILES string of the molecule is Cl.O=Cc1ccncc1F. The molecule has 0 atom stereocenters. The predicted octanol–water partition coefficient (Wildman–Crippen LogP) is 1.46. The van der Waals surface area contributed by atoms with Crippen molar-refractivity contribution in [1.29, 1.82) is 0 Å². The fraction of sp³-hybridized carbons (Fsp3) is 0. The number of carbonyl (C=O) groups is 1. The van der Waals surface area contributed by atoms with E-state index < -0.39 is 5.82 Å². The van der Waals surface area contributed by atoms with Gasteiger partial charge >= 0.3 is 0 Å². The summed E-state index contributed by atoms with van der Waals surface area (Å²) in [5, 5.41) is 0. The van der Waals surface area contributed by atoms with Gasteiger partial charge in [0.05, 0.1) is 11.8 Å². The second-order valence-corrected chi connectivity index (χ2v) is 1.52. The lowest BCUT2D eigenvalue weighted by Crippen LogP contribution is -1.86. The van der Waals surface area contributed by atoms with Crippen LogP contribution in [-0.2, 0) is 0 Å². The van der Waals surface area contributed by atoms with E-state index in [9.17, 15) is 9.18 Å². The largest absolute Gasteiger partial charge is 0.298 e. The molecule has 1 rings (SSSR count). The van der Waals surface area contributed by atoms with Crippen LogP contribution in [0.5, 0.6) is 0 Å². The van der Waals surface area contributed by atoms with Gasteiger partial charge in [-0.2, -0.15) is 0 Å². The number of hydrogen-bond acceptors (Lipinski definition) is 2. The second kappa shape index (κ2) is 3.95. The fourth-order valence-electron chi connectivity index (χ4n) is 0.482. The summed E-state index contributed by atoms with van der Waals surface area (Å²) in [5.41, 5.74) is 0.0463. The number of hydrogen-bond donors (Lipinski definition) is 0. The zero-order valence-corrected chi connectivity index (χ0v) is 5.77. The summed E-state index contributed by atoms with van der Waals surface area (Å²) in [6, 6.07) is 1.32. The van der Waals surface area contributed by atoms with E-state index in [0.29, 0.717) is 6.29 Å². The molecule has 0 spiro atoms. The first-order valence-corrected chi connectivity index (χ1v) is 2.39. The van der Waals surface area contributed by atoms with Crippen LogP contribution in [0.2, 0.25) is 0 Å². The highest BCUT2D eigenvalue weighted by molar-refractivity contribution is 5.85. The van der Waals surface area contributed by atoms with Gasteiger partial charge in [0, 0.05) is 6.20 Å². The lowest BCUT2D eigenvalue weighted by atomic mass is 10.3. The van der Waals surface area contributed by atoms with Gasteiger partial charge < -0.3 is 0 Å². The van der Waals surface area contributed by atoms with Crippen LogP contribution < -0.4 is 0 Å². The Bertz CT molecular complexity index is 229. The molecule has 0 fully saturated rings. The Morgan fingerprint density at radius 3 is 2.70 bits per heavy atom. The molecule has 1 heterocycles. The summed E-state index contributed by atoms with van der Waals surface area (Å²) in [5.74, 6) is -0.576. The standard InChI is InChI=1S/C6H4FNO.ClH/c7-6-3-8-2-1-5(6)4-9;/h1-4H;1H. The van der Waals surface area contributed by atoms with Crippen LogP contribution in [0.4, 0.5) is 4.39 Å². The molecule has 0 saturated carbocycles. The predicted molar refractivity (Wildman–Crippen MR) is 36.8 cm³/mol. The third-order valence-electron chi connectivity index (χ3n) is 0.931. The van der Waals surface area contributed by atoms with Gasteiger partial charge in [0.25, 0.3) is 0 Å². The van der Waals surface area contributed by atoms with Crippen LogP contribution in [0.3, 0.4) is 0 Å². The van der Waals surface area contributed by atoms with E-state index in [1.54, 1.807) is 0 Å². The van der Waals surface area contributed by atoms with Gasteiger partial charge in [0.1, 0.15) is 0 Å². The Labute approximate surface area is 63.5 Å². The highest BCUT2D eigenvalue weighted by Gasteiger charge is 1.95. The maximum absolute atomic E-state index is 12.3. The molecule has 0 aromatic carbocycles. The number of aldehydes is 1. The van der Waals surface area contributed by atoms with E-state index in [0.717, 1.165) is 6.20 Å². The minimum atomic E-state index is -0.576. The Hall–Kier alpha value is -0.960. The van der Waals surface area contributed by atoms with Gasteiger partial charge in [-0.3, -0.25) is 9.78 Å². The Morgan fingerprint density at radius 2 is 2.30 bits per heavy atom. The van der Waals surface area contributed by atoms with Gasteiger partial charge in [-0.1, -0.05) is 0 Å². The summed E-state index contributed by atoms with van der Waals surface area (Å²) in [4.78, 5) is 13.4. The highest BCUT2D eigenvalue weighted by atomic mass is 35.5. The van der Waals surface area contributed by atoms with E-state index in [2.05, 4.69) is 4.98 Å². The maximum Gasteiger partial charge on any atom is 0.153 e. The van der Waals surface area contributed by atoms with Crippen molar-refractivity contribution >= 4 is 18.7 Å². The van der Waals surface area contributed by atoms with Gasteiger partial charge in [-0.25, -0.2) is 4.39 Å². The first-order valence-electron chi connectivity index (χ1n) is 2.39. The molecule has 0 amide bonds. The minimum absolute atomic E-state index is 0. The lowest BCUT2D eigenvalue weighted by molar-refractivity contribution is 0.111. The van der Waals surface area contributed by atoms with E-state index >= 15 is 0 Å². The van der Waals surface area contributed by atoms with Crippen LogP contribution in [-0.4, -0.2) is 11.3 Å². The molecule has 0 aliphatic heterocycles. The third kappa shape index (κ3) is 1.77. The topological polar surface area (TPSA) is 30.0 Å². The molecule has 0 bridgehead atoms. The number of nitrogens with zero attached hydrogens (tertiary/aromatic N) is 1. The summed E-state index contributed by atoms with van der Waals surface area (Å²) in [7, 11) is 0. The van der Waals surface area contributed by atoms with Gasteiger partial charge in [-0.15, -0.1) is 12.4 Å². The number of carbonyl (C=O) groups excluding carboxylic acids is 1. The Morgan fingerprint density at radius 1 is 1.60 bits per heavy atom. The van der Waals surface area contributed by atoms with E-state index in [-0.39, 0.29) is 18.0 Å². The molecule has 0 saturated heterocycles. The Kier molecular flexibility index (Phi) is 3.57. The van der Waals surface area contributed by atoms with Crippen LogP contribution in [0, 0.1) is 5.82 Å². The van der Waals surface area contributed by atoms with Crippen LogP contribution >= 0.6 is 12.4 Å². The van der Waals surface area contributed by atoms with Crippen molar-refractivity contribution in [3.05, 3.63) is 29.8 Å². The third-order valence-corrected chi connectivity index (χ3v) is 0.931. The van der Waals surface area contributed by atoms with Gasteiger partial charge in [0.2, 0.25) is 0 Å². The average Bonchev–Trinajstić information content (AvgIpc) is 1.89. The number of rotatable bonds is 1. The quantitative estimate of drug-likeness (QED) is 0.584. The van der Waals surface area contributed by atoms with Crippen LogP contribution in [0.15, 0.2) is 18.5 Å². The van der Waals surface area contributed by atoms with Crippen molar-refractivity contribution in [2.75, 3.05) is 0 Å². The molecular formula is C6H5ClFNO. The number of aromatic nitrogens is 1. The van der Waals surface area contributed by atoms with Crippen LogP contribution in [0.25, 0.3) is 0 Å².